The van der Waals surface area contributed by atoms with Gasteiger partial charge >= 0.3 is 5.97 Å². The maximum Gasteiger partial charge on any atom is 0.335 e. The van der Waals surface area contributed by atoms with Gasteiger partial charge in [0.05, 0.1) is 18.3 Å². The van der Waals surface area contributed by atoms with Crippen molar-refractivity contribution in [1.82, 2.24) is 9.53 Å². The van der Waals surface area contributed by atoms with Crippen LogP contribution in [0.4, 0.5) is 0 Å². The molecule has 0 heterocycles. The molecule has 0 aliphatic rings. The van der Waals surface area contributed by atoms with Crippen molar-refractivity contribution in [3.05, 3.63) is 59.7 Å². The summed E-state index contributed by atoms with van der Waals surface area (Å²) < 4.78 is 34.0. The van der Waals surface area contributed by atoms with E-state index in [0.29, 0.717) is 16.3 Å². The lowest BCUT2D eigenvalue weighted by molar-refractivity contribution is -0.211. The number of carboxylic acid groups (broad SMARTS) is 1. The Hall–Kier alpha value is -3.32. The van der Waals surface area contributed by atoms with Gasteiger partial charge in [-0.2, -0.15) is 0 Å². The Labute approximate surface area is 210 Å². The van der Waals surface area contributed by atoms with Gasteiger partial charge in [0, 0.05) is 13.5 Å². The molecule has 0 saturated carbocycles. The summed E-state index contributed by atoms with van der Waals surface area (Å²) in [4.78, 5) is 46.1. The molecule has 0 bridgehead atoms. The van der Waals surface area contributed by atoms with Gasteiger partial charge in [0.15, 0.2) is 0 Å². The van der Waals surface area contributed by atoms with E-state index < -0.39 is 44.9 Å². The summed E-state index contributed by atoms with van der Waals surface area (Å²) in [5.41, 5.74) is -0.605. The third-order valence-corrected chi connectivity index (χ3v) is 6.45. The van der Waals surface area contributed by atoms with E-state index in [-0.39, 0.29) is 17.9 Å². The number of aromatic carboxylic acids is 1. The molecule has 2 rings (SSSR count). The fourth-order valence-corrected chi connectivity index (χ4v) is 4.66. The average Bonchev–Trinajstić information content (AvgIpc) is 2.83. The van der Waals surface area contributed by atoms with Crippen LogP contribution in [0.3, 0.4) is 0 Å². The van der Waals surface area contributed by atoms with Crippen molar-refractivity contribution < 1.29 is 42.3 Å². The zero-order valence-electron chi connectivity index (χ0n) is 20.7. The van der Waals surface area contributed by atoms with E-state index in [1.165, 1.54) is 14.2 Å². The summed E-state index contributed by atoms with van der Waals surface area (Å²) in [5.74, 6) is -2.41. The Morgan fingerprint density at radius 2 is 1.75 bits per heavy atom. The highest BCUT2D eigenvalue weighted by molar-refractivity contribution is 7.89. The Balaban J connectivity index is 2.66. The van der Waals surface area contributed by atoms with E-state index in [1.807, 2.05) is 0 Å². The second-order valence-corrected chi connectivity index (χ2v) is 10.4. The number of carbonyl (C=O) groups is 3. The molecule has 196 valence electrons. The molecule has 1 N–H and O–H groups in total. The average molecular weight is 523 g/mol. The zero-order valence-corrected chi connectivity index (χ0v) is 21.5. The third-order valence-electron chi connectivity index (χ3n) is 4.75. The topological polar surface area (TPSA) is 140 Å². The highest BCUT2D eigenvalue weighted by atomic mass is 32.2. The van der Waals surface area contributed by atoms with Crippen molar-refractivity contribution >= 4 is 28.2 Å². The van der Waals surface area contributed by atoms with Crippen LogP contribution in [-0.2, 0) is 35.9 Å². The van der Waals surface area contributed by atoms with Gasteiger partial charge in [0.25, 0.3) is 15.9 Å². The minimum absolute atomic E-state index is 0.0599. The molecular weight excluding hydrogens is 492 g/mol. The number of benzene rings is 2. The lowest BCUT2D eigenvalue weighted by Gasteiger charge is -2.34. The van der Waals surface area contributed by atoms with Gasteiger partial charge in [-0.3, -0.25) is 14.5 Å². The number of likely N-dealkylation sites (N-methyl/N-ethyl adjacent to an activating group) is 1. The summed E-state index contributed by atoms with van der Waals surface area (Å²) in [5, 5.41) is 10.2. The Bertz CT molecular complexity index is 1180. The molecule has 2 aromatic carbocycles. The number of rotatable bonds is 12. The van der Waals surface area contributed by atoms with Crippen LogP contribution in [0.5, 0.6) is 5.75 Å². The molecule has 0 radical (unpaired) electrons. The normalized spacial score (nSPS) is 12.7. The number of carboxylic acids is 1. The van der Waals surface area contributed by atoms with Crippen molar-refractivity contribution in [2.45, 2.75) is 50.3 Å². The second kappa shape index (κ2) is 12.1. The number of aldehydes is 1. The molecule has 2 aromatic rings. The SMILES string of the molecule is CON(C)C(=O)C(CC=O)N(OC(C)(C)C)S(=O)(=O)c1ccc(C(=O)O)cc1OCc1ccccc1. The third kappa shape index (κ3) is 7.34. The van der Waals surface area contributed by atoms with Gasteiger partial charge in [-0.1, -0.05) is 34.8 Å². The highest BCUT2D eigenvalue weighted by Crippen LogP contribution is 2.32. The van der Waals surface area contributed by atoms with E-state index in [2.05, 4.69) is 0 Å². The first-order valence-corrected chi connectivity index (χ1v) is 12.3. The largest absolute Gasteiger partial charge is 0.487 e. The second-order valence-electron chi connectivity index (χ2n) is 8.64. The Morgan fingerprint density at radius 1 is 1.11 bits per heavy atom. The number of hydrogen-bond donors (Lipinski definition) is 1. The summed E-state index contributed by atoms with van der Waals surface area (Å²) >= 11 is 0. The van der Waals surface area contributed by atoms with E-state index in [0.717, 1.165) is 23.3 Å². The number of sulfonamides is 1. The predicted molar refractivity (Wildman–Crippen MR) is 128 cm³/mol. The molecule has 1 amide bonds. The van der Waals surface area contributed by atoms with Crippen molar-refractivity contribution in [1.29, 1.82) is 0 Å². The molecule has 1 unspecified atom stereocenters. The quantitative estimate of drug-likeness (QED) is 0.329. The number of ether oxygens (including phenoxy) is 1. The molecule has 0 aliphatic heterocycles. The molecule has 36 heavy (non-hydrogen) atoms. The minimum Gasteiger partial charge on any atom is -0.487 e. The summed E-state index contributed by atoms with van der Waals surface area (Å²) in [6.45, 7) is 4.64. The Morgan fingerprint density at radius 3 is 2.28 bits per heavy atom. The van der Waals surface area contributed by atoms with Crippen LogP contribution in [0.15, 0.2) is 53.4 Å². The van der Waals surface area contributed by atoms with Crippen molar-refractivity contribution in [3.8, 4) is 5.75 Å². The van der Waals surface area contributed by atoms with E-state index >= 15 is 0 Å². The van der Waals surface area contributed by atoms with Crippen LogP contribution in [0.1, 0.15) is 43.1 Å². The number of carbonyl (C=O) groups excluding carboxylic acids is 2. The number of hydroxylamine groups is 3. The first-order valence-electron chi connectivity index (χ1n) is 10.8. The first kappa shape index (κ1) is 28.9. The van der Waals surface area contributed by atoms with E-state index in [1.54, 1.807) is 51.1 Å². The molecule has 0 fully saturated rings. The van der Waals surface area contributed by atoms with Gasteiger partial charge < -0.3 is 14.6 Å². The van der Waals surface area contributed by atoms with Gasteiger partial charge in [-0.25, -0.2) is 18.3 Å². The van der Waals surface area contributed by atoms with Crippen LogP contribution in [-0.4, -0.2) is 67.0 Å². The maximum absolute atomic E-state index is 13.9. The standard InChI is InChI=1S/C24H30N2O9S/c1-24(2,3)35-26(19(13-14-27)22(28)25(4)33-5)36(31,32)21-12-11-18(23(29)30)15-20(21)34-16-17-9-7-6-8-10-17/h6-12,14-15,19H,13,16H2,1-5H3,(H,29,30). The summed E-state index contributed by atoms with van der Waals surface area (Å²) in [6.07, 6.45) is -0.143. The van der Waals surface area contributed by atoms with Crippen molar-refractivity contribution in [2.24, 2.45) is 0 Å². The van der Waals surface area contributed by atoms with E-state index in [9.17, 15) is 27.9 Å². The number of amides is 1. The van der Waals surface area contributed by atoms with Crippen LogP contribution in [0, 0.1) is 0 Å². The maximum atomic E-state index is 13.9. The first-order chi connectivity index (χ1) is 16.8. The Kier molecular flexibility index (Phi) is 9.70. The molecule has 0 saturated heterocycles. The fourth-order valence-electron chi connectivity index (χ4n) is 3.02. The molecular formula is C24H30N2O9S. The van der Waals surface area contributed by atoms with Crippen LogP contribution < -0.4 is 4.74 Å². The van der Waals surface area contributed by atoms with Gasteiger partial charge in [0.1, 0.15) is 29.6 Å². The summed E-state index contributed by atoms with van der Waals surface area (Å²) in [6, 6.07) is 10.5. The fraction of sp³-hybridized carbons (Fsp3) is 0.375. The van der Waals surface area contributed by atoms with Crippen molar-refractivity contribution in [3.63, 3.8) is 0 Å². The molecule has 11 nitrogen and oxygen atoms in total. The van der Waals surface area contributed by atoms with E-state index in [4.69, 9.17) is 14.4 Å². The lowest BCUT2D eigenvalue weighted by atomic mass is 10.2. The van der Waals surface area contributed by atoms with Crippen LogP contribution >= 0.6 is 0 Å². The smallest absolute Gasteiger partial charge is 0.335 e. The van der Waals surface area contributed by atoms with Gasteiger partial charge in [-0.15, -0.1) is 0 Å². The van der Waals surface area contributed by atoms with Gasteiger partial charge in [-0.05, 0) is 44.5 Å². The van der Waals surface area contributed by atoms with Crippen molar-refractivity contribution in [2.75, 3.05) is 14.2 Å². The van der Waals surface area contributed by atoms with Gasteiger partial charge in [0.2, 0.25) is 0 Å². The van der Waals surface area contributed by atoms with Crippen LogP contribution in [0.25, 0.3) is 0 Å². The molecule has 1 atom stereocenters. The highest BCUT2D eigenvalue weighted by Gasteiger charge is 2.42. The number of nitrogens with zero attached hydrogens (tertiary/aromatic N) is 2. The molecule has 0 aromatic heterocycles. The number of hydrogen-bond acceptors (Lipinski definition) is 8. The van der Waals surface area contributed by atoms with Crippen LogP contribution in [0.2, 0.25) is 0 Å². The monoisotopic (exact) mass is 522 g/mol. The molecule has 0 spiro atoms. The lowest BCUT2D eigenvalue weighted by Crippen LogP contribution is -2.52. The molecule has 0 aliphatic carbocycles. The predicted octanol–water partition coefficient (Wildman–Crippen LogP) is 2.66. The summed E-state index contributed by atoms with van der Waals surface area (Å²) in [7, 11) is -2.22. The molecule has 12 heteroatoms. The zero-order chi connectivity index (χ0) is 27.1. The minimum atomic E-state index is -4.69.